The largest absolute Gasteiger partial charge is 0.347 e. The zero-order valence-electron chi connectivity index (χ0n) is 15.1. The minimum atomic E-state index is 0.234. The number of fused-ring (bicyclic) bond motifs is 3. The molecule has 3 nitrogen and oxygen atoms in total. The lowest BCUT2D eigenvalue weighted by atomic mass is 10.1. The molecule has 0 saturated heterocycles. The van der Waals surface area contributed by atoms with Gasteiger partial charge in [-0.2, -0.15) is 0 Å². The summed E-state index contributed by atoms with van der Waals surface area (Å²) in [5.74, 6) is 1.20. The van der Waals surface area contributed by atoms with Crippen molar-refractivity contribution in [1.82, 2.24) is 4.98 Å². The van der Waals surface area contributed by atoms with Crippen LogP contribution in [0.1, 0.15) is 22.9 Å². The maximum atomic E-state index is 3.65. The SMILES string of the molecule is c1ccc2c(c1)CN(c1cc3ccccc3[nH]1)C2N1CCc2ccccc21. The van der Waals surface area contributed by atoms with Gasteiger partial charge in [0.25, 0.3) is 0 Å². The minimum Gasteiger partial charge on any atom is -0.347 e. The van der Waals surface area contributed by atoms with Crippen molar-refractivity contribution < 1.29 is 0 Å². The van der Waals surface area contributed by atoms with Crippen LogP contribution in [0.25, 0.3) is 10.9 Å². The Labute approximate surface area is 158 Å². The van der Waals surface area contributed by atoms with E-state index in [4.69, 9.17) is 0 Å². The van der Waals surface area contributed by atoms with E-state index in [-0.39, 0.29) is 6.17 Å². The number of anilines is 2. The summed E-state index contributed by atoms with van der Waals surface area (Å²) in [4.78, 5) is 8.75. The molecule has 0 saturated carbocycles. The van der Waals surface area contributed by atoms with Gasteiger partial charge >= 0.3 is 0 Å². The molecule has 6 rings (SSSR count). The van der Waals surface area contributed by atoms with Gasteiger partial charge in [-0.3, -0.25) is 0 Å². The smallest absolute Gasteiger partial charge is 0.130 e. The number of aromatic amines is 1. The van der Waals surface area contributed by atoms with E-state index in [0.717, 1.165) is 19.5 Å². The second-order valence-corrected chi connectivity index (χ2v) is 7.51. The number of rotatable bonds is 2. The summed E-state index contributed by atoms with van der Waals surface area (Å²) in [6, 6.07) is 28.6. The average molecular weight is 351 g/mol. The van der Waals surface area contributed by atoms with Crippen LogP contribution in [0.4, 0.5) is 11.5 Å². The molecule has 3 heteroatoms. The fraction of sp³-hybridized carbons (Fsp3) is 0.167. The van der Waals surface area contributed by atoms with Gasteiger partial charge in [0, 0.05) is 29.7 Å². The fourth-order valence-corrected chi connectivity index (χ4v) is 4.75. The number of para-hydroxylation sites is 2. The molecular weight excluding hydrogens is 330 g/mol. The fourth-order valence-electron chi connectivity index (χ4n) is 4.75. The molecule has 0 bridgehead atoms. The van der Waals surface area contributed by atoms with E-state index < -0.39 is 0 Å². The molecule has 132 valence electrons. The summed E-state index contributed by atoms with van der Waals surface area (Å²) in [5, 5.41) is 1.27. The molecule has 1 N–H and O–H groups in total. The highest BCUT2D eigenvalue weighted by Crippen LogP contribution is 2.44. The van der Waals surface area contributed by atoms with E-state index in [9.17, 15) is 0 Å². The monoisotopic (exact) mass is 351 g/mol. The number of benzene rings is 3. The standard InChI is InChI=1S/C24H21N3/c1-4-10-20-19(9-1)16-27(23-15-18-8-2-5-11-21(18)25-23)24(20)26-14-13-17-7-3-6-12-22(17)26/h1-12,15,24-25H,13-14,16H2. The highest BCUT2D eigenvalue weighted by molar-refractivity contribution is 5.84. The Balaban J connectivity index is 1.50. The number of aromatic nitrogens is 1. The third kappa shape index (κ3) is 2.21. The molecule has 2 aliphatic rings. The molecule has 0 aliphatic carbocycles. The predicted octanol–water partition coefficient (Wildman–Crippen LogP) is 5.25. The quantitative estimate of drug-likeness (QED) is 0.533. The van der Waals surface area contributed by atoms with Crippen LogP contribution >= 0.6 is 0 Å². The predicted molar refractivity (Wildman–Crippen MR) is 111 cm³/mol. The first-order valence-electron chi connectivity index (χ1n) is 9.65. The van der Waals surface area contributed by atoms with E-state index in [2.05, 4.69) is 93.6 Å². The van der Waals surface area contributed by atoms with Crippen LogP contribution in [0, 0.1) is 0 Å². The maximum Gasteiger partial charge on any atom is 0.130 e. The van der Waals surface area contributed by atoms with Crippen molar-refractivity contribution in [2.24, 2.45) is 0 Å². The van der Waals surface area contributed by atoms with Gasteiger partial charge in [-0.1, -0.05) is 60.7 Å². The molecule has 3 heterocycles. The molecule has 1 unspecified atom stereocenters. The van der Waals surface area contributed by atoms with E-state index in [0.29, 0.717) is 0 Å². The van der Waals surface area contributed by atoms with Crippen molar-refractivity contribution in [1.29, 1.82) is 0 Å². The van der Waals surface area contributed by atoms with Crippen LogP contribution in [0.15, 0.2) is 78.9 Å². The lowest BCUT2D eigenvalue weighted by molar-refractivity contribution is 0.623. The van der Waals surface area contributed by atoms with Crippen LogP contribution in [-0.4, -0.2) is 11.5 Å². The number of H-pyrrole nitrogens is 1. The summed E-state index contributed by atoms with van der Waals surface area (Å²) < 4.78 is 0. The zero-order chi connectivity index (χ0) is 17.8. The first-order valence-corrected chi connectivity index (χ1v) is 9.65. The third-order valence-corrected chi connectivity index (χ3v) is 6.01. The Morgan fingerprint density at radius 3 is 2.48 bits per heavy atom. The second kappa shape index (κ2) is 5.65. The zero-order valence-corrected chi connectivity index (χ0v) is 15.1. The summed E-state index contributed by atoms with van der Waals surface area (Å²) in [6.45, 7) is 2.00. The van der Waals surface area contributed by atoms with Gasteiger partial charge in [0.1, 0.15) is 12.0 Å². The Morgan fingerprint density at radius 1 is 0.778 bits per heavy atom. The molecule has 1 aromatic heterocycles. The molecular formula is C24H21N3. The van der Waals surface area contributed by atoms with Crippen molar-refractivity contribution in [3.8, 4) is 0 Å². The van der Waals surface area contributed by atoms with Gasteiger partial charge in [0.05, 0.1) is 0 Å². The molecule has 1 atom stereocenters. The van der Waals surface area contributed by atoms with Crippen molar-refractivity contribution in [3.05, 3.63) is 95.6 Å². The first-order chi connectivity index (χ1) is 13.4. The van der Waals surface area contributed by atoms with Crippen molar-refractivity contribution in [2.75, 3.05) is 16.3 Å². The minimum absolute atomic E-state index is 0.234. The van der Waals surface area contributed by atoms with Crippen LogP contribution in [0.5, 0.6) is 0 Å². The van der Waals surface area contributed by atoms with E-state index in [1.807, 2.05) is 0 Å². The molecule has 0 amide bonds. The summed E-state index contributed by atoms with van der Waals surface area (Å²) in [7, 11) is 0. The lowest BCUT2D eigenvalue weighted by Gasteiger charge is -2.35. The normalized spacial score (nSPS) is 18.1. The third-order valence-electron chi connectivity index (χ3n) is 6.01. The van der Waals surface area contributed by atoms with E-state index in [1.54, 1.807) is 0 Å². The van der Waals surface area contributed by atoms with Crippen LogP contribution in [-0.2, 0) is 13.0 Å². The number of nitrogens with zero attached hydrogens (tertiary/aromatic N) is 2. The Morgan fingerprint density at radius 2 is 1.56 bits per heavy atom. The molecule has 3 aromatic carbocycles. The van der Waals surface area contributed by atoms with E-state index in [1.165, 1.54) is 39.1 Å². The molecule has 2 aliphatic heterocycles. The van der Waals surface area contributed by atoms with E-state index >= 15 is 0 Å². The Kier molecular flexibility index (Phi) is 3.12. The van der Waals surface area contributed by atoms with Gasteiger partial charge in [0.2, 0.25) is 0 Å². The Hall–Kier alpha value is -3.20. The van der Waals surface area contributed by atoms with Crippen molar-refractivity contribution >= 4 is 22.4 Å². The van der Waals surface area contributed by atoms with Crippen molar-refractivity contribution in [2.45, 2.75) is 19.1 Å². The maximum absolute atomic E-state index is 3.65. The first kappa shape index (κ1) is 14.9. The highest BCUT2D eigenvalue weighted by Gasteiger charge is 2.37. The van der Waals surface area contributed by atoms with Gasteiger partial charge in [-0.25, -0.2) is 0 Å². The van der Waals surface area contributed by atoms with Crippen LogP contribution in [0.3, 0.4) is 0 Å². The molecule has 0 fully saturated rings. The molecule has 0 spiro atoms. The van der Waals surface area contributed by atoms with Gasteiger partial charge in [-0.05, 0) is 41.3 Å². The second-order valence-electron chi connectivity index (χ2n) is 7.51. The molecule has 27 heavy (non-hydrogen) atoms. The van der Waals surface area contributed by atoms with Gasteiger partial charge < -0.3 is 14.8 Å². The Bertz CT molecular complexity index is 1110. The van der Waals surface area contributed by atoms with Crippen molar-refractivity contribution in [3.63, 3.8) is 0 Å². The summed E-state index contributed by atoms with van der Waals surface area (Å²) >= 11 is 0. The number of hydrogen-bond acceptors (Lipinski definition) is 2. The van der Waals surface area contributed by atoms with Crippen LogP contribution in [0.2, 0.25) is 0 Å². The van der Waals surface area contributed by atoms with Crippen LogP contribution < -0.4 is 9.80 Å². The molecule has 4 aromatic rings. The summed E-state index contributed by atoms with van der Waals surface area (Å²) in [6.07, 6.45) is 1.35. The molecule has 0 radical (unpaired) electrons. The van der Waals surface area contributed by atoms with Gasteiger partial charge in [-0.15, -0.1) is 0 Å². The lowest BCUT2D eigenvalue weighted by Crippen LogP contribution is -2.37. The number of hydrogen-bond donors (Lipinski definition) is 1. The number of nitrogens with one attached hydrogen (secondary N) is 1. The summed E-state index contributed by atoms with van der Waals surface area (Å²) in [5.41, 5.74) is 6.88. The van der Waals surface area contributed by atoms with Gasteiger partial charge in [0.15, 0.2) is 0 Å². The topological polar surface area (TPSA) is 22.3 Å². The average Bonchev–Trinajstić information content (AvgIpc) is 3.41. The highest BCUT2D eigenvalue weighted by atomic mass is 15.4.